The highest BCUT2D eigenvalue weighted by Crippen LogP contribution is 2.27. The SMILES string of the molecule is CN(C)C(=O)N1CCN(c2ccc3nc(-c4ccc(N)c(N)c4)[nH]c3c2)CC1. The molecular formula is C20H25N7O. The van der Waals surface area contributed by atoms with Gasteiger partial charge in [-0.2, -0.15) is 0 Å². The monoisotopic (exact) mass is 379 g/mol. The third kappa shape index (κ3) is 3.28. The summed E-state index contributed by atoms with van der Waals surface area (Å²) in [5, 5.41) is 0. The summed E-state index contributed by atoms with van der Waals surface area (Å²) in [7, 11) is 3.57. The second kappa shape index (κ2) is 6.95. The Bertz CT molecular complexity index is 1020. The Morgan fingerprint density at radius 1 is 1.04 bits per heavy atom. The van der Waals surface area contributed by atoms with Crippen molar-refractivity contribution in [2.45, 2.75) is 0 Å². The Morgan fingerprint density at radius 3 is 2.46 bits per heavy atom. The fourth-order valence-electron chi connectivity index (χ4n) is 3.49. The number of urea groups is 1. The van der Waals surface area contributed by atoms with E-state index in [1.807, 2.05) is 23.1 Å². The first-order valence-corrected chi connectivity index (χ1v) is 9.28. The number of anilines is 3. The first kappa shape index (κ1) is 18.0. The molecule has 8 heteroatoms. The number of nitrogen functional groups attached to an aromatic ring is 2. The highest BCUT2D eigenvalue weighted by Gasteiger charge is 2.22. The molecule has 1 saturated heterocycles. The van der Waals surface area contributed by atoms with Gasteiger partial charge in [-0.1, -0.05) is 0 Å². The van der Waals surface area contributed by atoms with E-state index in [9.17, 15) is 4.79 Å². The zero-order chi connectivity index (χ0) is 19.8. The number of nitrogens with one attached hydrogen (secondary N) is 1. The van der Waals surface area contributed by atoms with Gasteiger partial charge in [-0.05, 0) is 36.4 Å². The topological polar surface area (TPSA) is 108 Å². The van der Waals surface area contributed by atoms with Crippen LogP contribution in [0.4, 0.5) is 21.9 Å². The molecule has 2 heterocycles. The standard InChI is InChI=1S/C20H25N7O/c1-25(2)20(28)27-9-7-26(8-10-27)14-4-6-17-18(12-14)24-19(23-17)13-3-5-15(21)16(22)11-13/h3-6,11-12H,7-10,21-22H2,1-2H3,(H,23,24). The minimum Gasteiger partial charge on any atom is -0.397 e. The van der Waals surface area contributed by atoms with Gasteiger partial charge in [-0.3, -0.25) is 0 Å². The zero-order valence-electron chi connectivity index (χ0n) is 16.1. The van der Waals surface area contributed by atoms with Crippen LogP contribution in [0.3, 0.4) is 0 Å². The molecular weight excluding hydrogens is 354 g/mol. The van der Waals surface area contributed by atoms with E-state index in [0.717, 1.165) is 41.2 Å². The van der Waals surface area contributed by atoms with Crippen molar-refractivity contribution in [3.05, 3.63) is 36.4 Å². The van der Waals surface area contributed by atoms with Gasteiger partial charge in [0, 0.05) is 51.5 Å². The summed E-state index contributed by atoms with van der Waals surface area (Å²) in [4.78, 5) is 25.9. The molecule has 0 radical (unpaired) electrons. The second-order valence-corrected chi connectivity index (χ2v) is 7.28. The van der Waals surface area contributed by atoms with Crippen LogP contribution >= 0.6 is 0 Å². The molecule has 0 saturated carbocycles. The lowest BCUT2D eigenvalue weighted by Crippen LogP contribution is -2.51. The number of hydrogen-bond acceptors (Lipinski definition) is 5. The Morgan fingerprint density at radius 2 is 1.79 bits per heavy atom. The van der Waals surface area contributed by atoms with E-state index in [-0.39, 0.29) is 6.03 Å². The number of fused-ring (bicyclic) bond motifs is 1. The molecule has 2 amide bonds. The lowest BCUT2D eigenvalue weighted by Gasteiger charge is -2.37. The number of aromatic amines is 1. The first-order valence-electron chi connectivity index (χ1n) is 9.28. The molecule has 0 spiro atoms. The summed E-state index contributed by atoms with van der Waals surface area (Å²) in [6.07, 6.45) is 0. The van der Waals surface area contributed by atoms with Crippen molar-refractivity contribution in [1.82, 2.24) is 19.8 Å². The van der Waals surface area contributed by atoms with Crippen molar-refractivity contribution in [3.63, 3.8) is 0 Å². The average Bonchev–Trinajstić information content (AvgIpc) is 3.13. The van der Waals surface area contributed by atoms with Crippen LogP contribution in [0.2, 0.25) is 0 Å². The third-order valence-electron chi connectivity index (χ3n) is 5.12. The molecule has 0 atom stereocenters. The molecule has 5 N–H and O–H groups in total. The van der Waals surface area contributed by atoms with Crippen LogP contribution in [0.1, 0.15) is 0 Å². The fourth-order valence-corrected chi connectivity index (χ4v) is 3.49. The summed E-state index contributed by atoms with van der Waals surface area (Å²) in [6, 6.07) is 11.8. The van der Waals surface area contributed by atoms with Crippen LogP contribution in [0.15, 0.2) is 36.4 Å². The summed E-state index contributed by atoms with van der Waals surface area (Å²) < 4.78 is 0. The molecule has 2 aromatic carbocycles. The molecule has 8 nitrogen and oxygen atoms in total. The number of aromatic nitrogens is 2. The molecule has 0 bridgehead atoms. The van der Waals surface area contributed by atoms with Crippen molar-refractivity contribution in [2.24, 2.45) is 0 Å². The van der Waals surface area contributed by atoms with Gasteiger partial charge in [-0.25, -0.2) is 9.78 Å². The number of hydrogen-bond donors (Lipinski definition) is 3. The summed E-state index contributed by atoms with van der Waals surface area (Å²) in [6.45, 7) is 3.04. The molecule has 1 aliphatic rings. The van der Waals surface area contributed by atoms with Crippen molar-refractivity contribution in [3.8, 4) is 11.4 Å². The van der Waals surface area contributed by atoms with Gasteiger partial charge in [0.2, 0.25) is 0 Å². The number of carbonyl (C=O) groups excluding carboxylic acids is 1. The molecule has 1 fully saturated rings. The zero-order valence-corrected chi connectivity index (χ0v) is 16.1. The average molecular weight is 379 g/mol. The number of piperazine rings is 1. The van der Waals surface area contributed by atoms with Crippen molar-refractivity contribution in [2.75, 3.05) is 56.6 Å². The molecule has 0 aliphatic carbocycles. The largest absolute Gasteiger partial charge is 0.397 e. The predicted molar refractivity (Wildman–Crippen MR) is 113 cm³/mol. The molecule has 28 heavy (non-hydrogen) atoms. The maximum absolute atomic E-state index is 12.1. The van der Waals surface area contributed by atoms with Gasteiger partial charge >= 0.3 is 6.03 Å². The number of nitrogens with two attached hydrogens (primary N) is 2. The molecule has 4 rings (SSSR count). The van der Waals surface area contributed by atoms with E-state index in [4.69, 9.17) is 11.5 Å². The van der Waals surface area contributed by atoms with Crippen LogP contribution in [0, 0.1) is 0 Å². The van der Waals surface area contributed by atoms with Crippen molar-refractivity contribution < 1.29 is 4.79 Å². The number of amides is 2. The van der Waals surface area contributed by atoms with Crippen LogP contribution in [-0.2, 0) is 0 Å². The molecule has 3 aromatic rings. The number of nitrogens with zero attached hydrogens (tertiary/aromatic N) is 4. The minimum absolute atomic E-state index is 0.0658. The molecule has 0 unspecified atom stereocenters. The maximum Gasteiger partial charge on any atom is 0.319 e. The molecule has 1 aromatic heterocycles. The summed E-state index contributed by atoms with van der Waals surface area (Å²) >= 11 is 0. The number of imidazole rings is 1. The minimum atomic E-state index is 0.0658. The molecule has 1 aliphatic heterocycles. The predicted octanol–water partition coefficient (Wildman–Crippen LogP) is 2.20. The Labute approximate surface area is 163 Å². The van der Waals surface area contributed by atoms with E-state index in [0.29, 0.717) is 24.5 Å². The number of H-pyrrole nitrogens is 1. The molecule has 146 valence electrons. The van der Waals surface area contributed by atoms with Crippen molar-refractivity contribution in [1.29, 1.82) is 0 Å². The highest BCUT2D eigenvalue weighted by atomic mass is 16.2. The quantitative estimate of drug-likeness (QED) is 0.592. The third-order valence-corrected chi connectivity index (χ3v) is 5.12. The van der Waals surface area contributed by atoms with E-state index in [1.54, 1.807) is 25.1 Å². The van der Waals surface area contributed by atoms with Gasteiger partial charge in [0.25, 0.3) is 0 Å². The second-order valence-electron chi connectivity index (χ2n) is 7.28. The van der Waals surface area contributed by atoms with Crippen molar-refractivity contribution >= 4 is 34.1 Å². The van der Waals surface area contributed by atoms with Gasteiger partial charge in [0.1, 0.15) is 5.82 Å². The normalized spacial score (nSPS) is 14.5. The van der Waals surface area contributed by atoms with E-state index < -0.39 is 0 Å². The lowest BCUT2D eigenvalue weighted by atomic mass is 10.1. The van der Waals surface area contributed by atoms with E-state index in [1.165, 1.54) is 0 Å². The van der Waals surface area contributed by atoms with Crippen LogP contribution in [-0.4, -0.2) is 66.1 Å². The van der Waals surface area contributed by atoms with Gasteiger partial charge in [0.05, 0.1) is 22.4 Å². The maximum atomic E-state index is 12.1. The van der Waals surface area contributed by atoms with Gasteiger partial charge in [-0.15, -0.1) is 0 Å². The number of carbonyl (C=O) groups is 1. The van der Waals surface area contributed by atoms with Crippen LogP contribution in [0.5, 0.6) is 0 Å². The van der Waals surface area contributed by atoms with Crippen LogP contribution in [0.25, 0.3) is 22.4 Å². The Kier molecular flexibility index (Phi) is 4.46. The Hall–Kier alpha value is -3.42. The van der Waals surface area contributed by atoms with E-state index >= 15 is 0 Å². The van der Waals surface area contributed by atoms with Crippen LogP contribution < -0.4 is 16.4 Å². The number of benzene rings is 2. The fraction of sp³-hybridized carbons (Fsp3) is 0.300. The summed E-state index contributed by atoms with van der Waals surface area (Å²) in [5.41, 5.74) is 16.7. The summed E-state index contributed by atoms with van der Waals surface area (Å²) in [5.74, 6) is 0.764. The number of rotatable bonds is 2. The lowest BCUT2D eigenvalue weighted by molar-refractivity contribution is 0.168. The Balaban J connectivity index is 1.54. The van der Waals surface area contributed by atoms with Gasteiger partial charge in [0.15, 0.2) is 0 Å². The highest BCUT2D eigenvalue weighted by molar-refractivity contribution is 5.84. The smallest absolute Gasteiger partial charge is 0.319 e. The first-order chi connectivity index (χ1) is 13.4. The van der Waals surface area contributed by atoms with Gasteiger partial charge < -0.3 is 31.2 Å². The van der Waals surface area contributed by atoms with E-state index in [2.05, 4.69) is 27.0 Å².